The number of imide groups is 1. The number of aromatic nitrogens is 3. The molecule has 4 heterocycles. The number of nitrogens with zero attached hydrogens (tertiary/aromatic N) is 7. The molecule has 15 heteroatoms. The van der Waals surface area contributed by atoms with Crippen molar-refractivity contribution in [1.82, 2.24) is 29.7 Å². The maximum atomic E-state index is 13.3. The second-order valence-electron chi connectivity index (χ2n) is 8.88. The fraction of sp³-hybridized carbons (Fsp3) is 0.391. The molecule has 38 heavy (non-hydrogen) atoms. The number of anilines is 1. The van der Waals surface area contributed by atoms with Crippen molar-refractivity contribution in [3.8, 4) is 11.4 Å². The van der Waals surface area contributed by atoms with E-state index in [1.807, 2.05) is 0 Å². The normalized spacial score (nSPS) is 20.0. The predicted molar refractivity (Wildman–Crippen MR) is 127 cm³/mol. The molecule has 4 rings (SSSR count). The summed E-state index contributed by atoms with van der Waals surface area (Å²) in [5, 5.41) is 2.56. The lowest BCUT2D eigenvalue weighted by molar-refractivity contribution is -0.141. The quantitative estimate of drug-likeness (QED) is 0.593. The van der Waals surface area contributed by atoms with Crippen LogP contribution in [-0.4, -0.2) is 91.5 Å². The standard InChI is InChI=1S/C23H23F3N8O4/c1-11(35)9-33-21(37)17-19(32(4)22(33)38)29-10-34(17)13(3)20(36)31-16-5-6-27-18(30-16)14-7-15(23(24,25)26)12(2)28-8-14/h5-8,10,13,17,19H,9H2,1-4H3,(H,27,30,31,36)/t13-,17?,19?/m0/s1. The van der Waals surface area contributed by atoms with Crippen LogP contribution in [0.5, 0.6) is 0 Å². The van der Waals surface area contributed by atoms with Gasteiger partial charge in [0.1, 0.15) is 17.6 Å². The van der Waals surface area contributed by atoms with E-state index in [9.17, 15) is 32.3 Å². The lowest BCUT2D eigenvalue weighted by atomic mass is 10.1. The molecule has 2 aromatic rings. The van der Waals surface area contributed by atoms with Crippen molar-refractivity contribution in [2.24, 2.45) is 4.99 Å². The second kappa shape index (κ2) is 9.79. The highest BCUT2D eigenvalue weighted by Crippen LogP contribution is 2.33. The Morgan fingerprint density at radius 1 is 1.21 bits per heavy atom. The molecule has 1 N–H and O–H groups in total. The molecule has 2 aromatic heterocycles. The first-order chi connectivity index (χ1) is 17.8. The number of aryl methyl sites for hydroxylation is 1. The maximum absolute atomic E-state index is 13.3. The van der Waals surface area contributed by atoms with E-state index in [4.69, 9.17) is 0 Å². The van der Waals surface area contributed by atoms with Crippen molar-refractivity contribution in [2.75, 3.05) is 18.9 Å². The van der Waals surface area contributed by atoms with Gasteiger partial charge >= 0.3 is 12.2 Å². The number of rotatable bonds is 6. The molecule has 0 aromatic carbocycles. The van der Waals surface area contributed by atoms with Gasteiger partial charge in [-0.05, 0) is 32.9 Å². The van der Waals surface area contributed by atoms with Crippen molar-refractivity contribution >= 4 is 35.8 Å². The van der Waals surface area contributed by atoms with Crippen LogP contribution < -0.4 is 5.32 Å². The van der Waals surface area contributed by atoms with Crippen LogP contribution in [0.2, 0.25) is 0 Å². The summed E-state index contributed by atoms with van der Waals surface area (Å²) in [6.45, 7) is 3.58. The zero-order valence-corrected chi connectivity index (χ0v) is 20.7. The monoisotopic (exact) mass is 532 g/mol. The molecule has 2 unspecified atom stereocenters. The van der Waals surface area contributed by atoms with Crippen molar-refractivity contribution in [1.29, 1.82) is 0 Å². The number of nitrogens with one attached hydrogen (secondary N) is 1. The average molecular weight is 532 g/mol. The van der Waals surface area contributed by atoms with Crippen LogP contribution in [0.3, 0.4) is 0 Å². The van der Waals surface area contributed by atoms with Crippen LogP contribution in [0.1, 0.15) is 25.1 Å². The highest BCUT2D eigenvalue weighted by molar-refractivity contribution is 6.05. The number of urea groups is 1. The minimum absolute atomic E-state index is 0.00709. The number of hydrogen-bond donors (Lipinski definition) is 1. The number of hydrogen-bond acceptors (Lipinski definition) is 9. The van der Waals surface area contributed by atoms with Crippen LogP contribution in [0.15, 0.2) is 29.5 Å². The van der Waals surface area contributed by atoms with Gasteiger partial charge < -0.3 is 15.1 Å². The summed E-state index contributed by atoms with van der Waals surface area (Å²) in [5.41, 5.74) is -1.12. The Balaban J connectivity index is 1.53. The SMILES string of the molecule is CC(=O)CN1C(=O)C2C(N=CN2[C@@H](C)C(=O)Nc2ccnc(-c3cnc(C)c(C(F)(F)F)c3)n2)N(C)C1=O. The molecule has 4 amide bonds. The number of ketones is 1. The molecular weight excluding hydrogens is 509 g/mol. The Kier molecular flexibility index (Phi) is 6.86. The molecular formula is C23H23F3N8O4. The lowest BCUT2D eigenvalue weighted by Gasteiger charge is -2.41. The van der Waals surface area contributed by atoms with Crippen LogP contribution in [0, 0.1) is 6.92 Å². The molecule has 1 saturated heterocycles. The molecule has 0 spiro atoms. The summed E-state index contributed by atoms with van der Waals surface area (Å²) >= 11 is 0. The van der Waals surface area contributed by atoms with Gasteiger partial charge in [0.25, 0.3) is 5.91 Å². The van der Waals surface area contributed by atoms with Crippen LogP contribution >= 0.6 is 0 Å². The van der Waals surface area contributed by atoms with E-state index in [1.54, 1.807) is 0 Å². The van der Waals surface area contributed by atoms with E-state index in [1.165, 1.54) is 62.4 Å². The van der Waals surface area contributed by atoms with Gasteiger partial charge in [0.15, 0.2) is 18.0 Å². The van der Waals surface area contributed by atoms with Gasteiger partial charge in [-0.25, -0.2) is 19.8 Å². The molecule has 0 radical (unpaired) electrons. The van der Waals surface area contributed by atoms with E-state index in [0.717, 1.165) is 11.0 Å². The summed E-state index contributed by atoms with van der Waals surface area (Å²) in [6, 6.07) is -0.441. The first-order valence-corrected chi connectivity index (χ1v) is 11.4. The van der Waals surface area contributed by atoms with Crippen molar-refractivity contribution in [3.63, 3.8) is 0 Å². The van der Waals surface area contributed by atoms with Crippen LogP contribution in [0.25, 0.3) is 11.4 Å². The van der Waals surface area contributed by atoms with Gasteiger partial charge in [0, 0.05) is 30.7 Å². The van der Waals surface area contributed by atoms with Gasteiger partial charge in [-0.2, -0.15) is 13.2 Å². The fourth-order valence-electron chi connectivity index (χ4n) is 4.16. The molecule has 1 fully saturated rings. The molecule has 0 aliphatic carbocycles. The Bertz CT molecular complexity index is 1350. The molecule has 0 saturated carbocycles. The third kappa shape index (κ3) is 4.90. The van der Waals surface area contributed by atoms with Crippen LogP contribution in [-0.2, 0) is 20.6 Å². The predicted octanol–water partition coefficient (Wildman–Crippen LogP) is 1.71. The third-order valence-electron chi connectivity index (χ3n) is 6.17. The Morgan fingerprint density at radius 2 is 1.92 bits per heavy atom. The van der Waals surface area contributed by atoms with E-state index in [0.29, 0.717) is 0 Å². The summed E-state index contributed by atoms with van der Waals surface area (Å²) in [6.07, 6.45) is -1.72. The number of Topliss-reactive ketones (excluding diaryl/α,β-unsaturated/α-hetero) is 1. The van der Waals surface area contributed by atoms with Gasteiger partial charge in [-0.15, -0.1) is 0 Å². The average Bonchev–Trinajstić information content (AvgIpc) is 3.30. The number of halogens is 3. The minimum Gasteiger partial charge on any atom is -0.335 e. The van der Waals surface area contributed by atoms with E-state index in [-0.39, 0.29) is 28.7 Å². The summed E-state index contributed by atoms with van der Waals surface area (Å²) in [7, 11) is 1.44. The number of alkyl halides is 3. The molecule has 200 valence electrons. The number of aliphatic imine (C=N–C) groups is 1. The number of carbonyl (C=O) groups excluding carboxylic acids is 4. The number of likely N-dealkylation sites (N-methyl/N-ethyl adjacent to an activating group) is 1. The summed E-state index contributed by atoms with van der Waals surface area (Å²) in [5.74, 6) is -1.74. The van der Waals surface area contributed by atoms with E-state index >= 15 is 0 Å². The molecule has 2 aliphatic rings. The van der Waals surface area contributed by atoms with Gasteiger partial charge in [0.2, 0.25) is 5.91 Å². The smallest absolute Gasteiger partial charge is 0.335 e. The van der Waals surface area contributed by atoms with Crippen molar-refractivity contribution in [3.05, 3.63) is 35.8 Å². The Morgan fingerprint density at radius 3 is 2.58 bits per heavy atom. The second-order valence-corrected chi connectivity index (χ2v) is 8.88. The minimum atomic E-state index is -4.61. The Hall–Kier alpha value is -4.43. The molecule has 3 atom stereocenters. The topological polar surface area (TPSA) is 141 Å². The van der Waals surface area contributed by atoms with E-state index in [2.05, 4.69) is 25.3 Å². The molecule has 2 aliphatic heterocycles. The van der Waals surface area contributed by atoms with Gasteiger partial charge in [0.05, 0.1) is 18.4 Å². The fourth-order valence-corrected chi connectivity index (χ4v) is 4.16. The number of amides is 4. The van der Waals surface area contributed by atoms with Crippen molar-refractivity contribution < 1.29 is 32.3 Å². The number of carbonyl (C=O) groups is 4. The largest absolute Gasteiger partial charge is 0.418 e. The van der Waals surface area contributed by atoms with Crippen LogP contribution in [0.4, 0.5) is 23.8 Å². The zero-order chi connectivity index (χ0) is 27.9. The maximum Gasteiger partial charge on any atom is 0.418 e. The summed E-state index contributed by atoms with van der Waals surface area (Å²) < 4.78 is 39.9. The first-order valence-electron chi connectivity index (χ1n) is 11.4. The number of pyridine rings is 1. The third-order valence-corrected chi connectivity index (χ3v) is 6.17. The van der Waals surface area contributed by atoms with E-state index < -0.39 is 54.4 Å². The molecule has 12 nitrogen and oxygen atoms in total. The first kappa shape index (κ1) is 26.6. The highest BCUT2D eigenvalue weighted by atomic mass is 19.4. The molecule has 0 bridgehead atoms. The van der Waals surface area contributed by atoms with Crippen molar-refractivity contribution in [2.45, 2.75) is 45.2 Å². The van der Waals surface area contributed by atoms with Gasteiger partial charge in [-0.3, -0.25) is 24.3 Å². The highest BCUT2D eigenvalue weighted by Gasteiger charge is 2.51. The lowest BCUT2D eigenvalue weighted by Crippen LogP contribution is -2.66. The zero-order valence-electron chi connectivity index (χ0n) is 20.7. The van der Waals surface area contributed by atoms with Gasteiger partial charge in [-0.1, -0.05) is 0 Å². The number of fused-ring (bicyclic) bond motifs is 1. The summed E-state index contributed by atoms with van der Waals surface area (Å²) in [4.78, 5) is 69.8. The Labute approximate surface area is 214 Å².